The Morgan fingerprint density at radius 3 is 2.95 bits per heavy atom. The Morgan fingerprint density at radius 1 is 1.63 bits per heavy atom. The number of aliphatic hydroxyl groups excluding tert-OH is 1. The van der Waals surface area contributed by atoms with Gasteiger partial charge in [-0.05, 0) is 37.9 Å². The summed E-state index contributed by atoms with van der Waals surface area (Å²) in [6.45, 7) is 4.48. The lowest BCUT2D eigenvalue weighted by molar-refractivity contribution is 0.0600. The average molecular weight is 264 g/mol. The van der Waals surface area contributed by atoms with Crippen molar-refractivity contribution in [3.05, 3.63) is 29.6 Å². The molecule has 0 aromatic carbocycles. The van der Waals surface area contributed by atoms with Crippen LogP contribution in [0.4, 0.5) is 0 Å². The minimum Gasteiger partial charge on any atom is -0.465 e. The highest BCUT2D eigenvalue weighted by Crippen LogP contribution is 2.21. The Morgan fingerprint density at radius 2 is 2.42 bits per heavy atom. The Balaban J connectivity index is 1.92. The van der Waals surface area contributed by atoms with E-state index in [1.165, 1.54) is 7.11 Å². The number of hydrogen-bond acceptors (Lipinski definition) is 5. The van der Waals surface area contributed by atoms with Gasteiger partial charge in [-0.2, -0.15) is 0 Å². The summed E-state index contributed by atoms with van der Waals surface area (Å²) in [5, 5.41) is 9.57. The zero-order valence-corrected chi connectivity index (χ0v) is 11.4. The molecular weight excluding hydrogens is 244 g/mol. The molecule has 0 spiro atoms. The first-order valence-corrected chi connectivity index (χ1v) is 6.54. The first-order chi connectivity index (χ1) is 9.10. The molecule has 2 unspecified atom stereocenters. The molecule has 19 heavy (non-hydrogen) atoms. The number of ether oxygens (including phenoxy) is 1. The highest BCUT2D eigenvalue weighted by molar-refractivity contribution is 5.88. The normalized spacial score (nSPS) is 21.3. The van der Waals surface area contributed by atoms with Gasteiger partial charge in [-0.1, -0.05) is 0 Å². The number of aromatic nitrogens is 1. The van der Waals surface area contributed by atoms with Crippen molar-refractivity contribution in [3.8, 4) is 0 Å². The van der Waals surface area contributed by atoms with E-state index in [1.807, 2.05) is 13.0 Å². The fourth-order valence-corrected chi connectivity index (χ4v) is 2.39. The number of esters is 1. The molecule has 1 fully saturated rings. The highest BCUT2D eigenvalue weighted by atomic mass is 16.5. The fourth-order valence-electron chi connectivity index (χ4n) is 2.39. The van der Waals surface area contributed by atoms with Gasteiger partial charge in [0, 0.05) is 19.3 Å². The lowest BCUT2D eigenvalue weighted by atomic mass is 10.0. The molecule has 5 nitrogen and oxygen atoms in total. The summed E-state index contributed by atoms with van der Waals surface area (Å²) in [5.41, 5.74) is 1.40. The molecule has 0 saturated carbocycles. The number of rotatable bonds is 4. The van der Waals surface area contributed by atoms with Crippen LogP contribution < -0.4 is 0 Å². The van der Waals surface area contributed by atoms with E-state index in [2.05, 4.69) is 14.6 Å². The van der Waals surface area contributed by atoms with Crippen molar-refractivity contribution in [3.63, 3.8) is 0 Å². The summed E-state index contributed by atoms with van der Waals surface area (Å²) in [6.07, 6.45) is 2.32. The molecule has 1 N–H and O–H groups in total. The van der Waals surface area contributed by atoms with Gasteiger partial charge in [0.1, 0.15) is 0 Å². The van der Waals surface area contributed by atoms with Gasteiger partial charge in [-0.3, -0.25) is 9.88 Å². The number of likely N-dealkylation sites (tertiary alicyclic amines) is 1. The van der Waals surface area contributed by atoms with E-state index in [1.54, 1.807) is 12.3 Å². The summed E-state index contributed by atoms with van der Waals surface area (Å²) in [7, 11) is 1.36. The molecule has 2 rings (SSSR count). The van der Waals surface area contributed by atoms with E-state index in [-0.39, 0.29) is 12.1 Å². The molecule has 0 aliphatic carbocycles. The van der Waals surface area contributed by atoms with Crippen LogP contribution in [0.2, 0.25) is 0 Å². The Hall–Kier alpha value is -1.46. The molecule has 5 heteroatoms. The standard InChI is InChI=1S/C14H20N2O3/c1-10(17)12-5-6-16(8-12)9-13-4-3-11(7-15-13)14(18)19-2/h3-4,7,10,12,17H,5-6,8-9H2,1-2H3. The molecule has 2 heterocycles. The highest BCUT2D eigenvalue weighted by Gasteiger charge is 2.25. The topological polar surface area (TPSA) is 62.7 Å². The largest absolute Gasteiger partial charge is 0.465 e. The summed E-state index contributed by atoms with van der Waals surface area (Å²) < 4.78 is 4.63. The van der Waals surface area contributed by atoms with Crippen molar-refractivity contribution in [2.24, 2.45) is 5.92 Å². The molecule has 1 aromatic heterocycles. The quantitative estimate of drug-likeness (QED) is 0.824. The summed E-state index contributed by atoms with van der Waals surface area (Å²) >= 11 is 0. The van der Waals surface area contributed by atoms with Crippen LogP contribution in [0.15, 0.2) is 18.3 Å². The summed E-state index contributed by atoms with van der Waals surface area (Å²) in [5.74, 6) is -0.0104. The number of hydrogen-bond donors (Lipinski definition) is 1. The first kappa shape index (κ1) is 14.0. The number of aliphatic hydroxyl groups is 1. The third kappa shape index (κ3) is 3.52. The SMILES string of the molecule is COC(=O)c1ccc(CN2CCC(C(C)O)C2)nc1. The zero-order valence-electron chi connectivity index (χ0n) is 11.4. The zero-order chi connectivity index (χ0) is 13.8. The number of nitrogens with zero attached hydrogens (tertiary/aromatic N) is 2. The Bertz CT molecular complexity index is 431. The fraction of sp³-hybridized carbons (Fsp3) is 0.571. The van der Waals surface area contributed by atoms with Crippen LogP contribution in [0, 0.1) is 5.92 Å². The van der Waals surface area contributed by atoms with Crippen LogP contribution in [0.25, 0.3) is 0 Å². The molecule has 0 bridgehead atoms. The van der Waals surface area contributed by atoms with Crippen LogP contribution in [0.3, 0.4) is 0 Å². The van der Waals surface area contributed by atoms with Gasteiger partial charge in [0.15, 0.2) is 0 Å². The second-order valence-electron chi connectivity index (χ2n) is 5.05. The van der Waals surface area contributed by atoms with Crippen LogP contribution in [-0.2, 0) is 11.3 Å². The maximum absolute atomic E-state index is 11.3. The third-order valence-corrected chi connectivity index (χ3v) is 3.62. The second-order valence-corrected chi connectivity index (χ2v) is 5.05. The van der Waals surface area contributed by atoms with Crippen LogP contribution in [0.5, 0.6) is 0 Å². The van der Waals surface area contributed by atoms with Gasteiger partial charge in [0.25, 0.3) is 0 Å². The smallest absolute Gasteiger partial charge is 0.339 e. The van der Waals surface area contributed by atoms with Crippen LogP contribution in [0.1, 0.15) is 29.4 Å². The Kier molecular flexibility index (Phi) is 4.50. The number of carbonyl (C=O) groups excluding carboxylic acids is 1. The second kappa shape index (κ2) is 6.12. The van der Waals surface area contributed by atoms with Gasteiger partial charge in [0.05, 0.1) is 24.5 Å². The minimum atomic E-state index is -0.366. The van der Waals surface area contributed by atoms with Crippen molar-refractivity contribution >= 4 is 5.97 Å². The maximum atomic E-state index is 11.3. The average Bonchev–Trinajstić information content (AvgIpc) is 2.87. The van der Waals surface area contributed by atoms with E-state index in [0.717, 1.165) is 31.7 Å². The molecule has 1 aliphatic rings. The molecule has 104 valence electrons. The lowest BCUT2D eigenvalue weighted by Crippen LogP contribution is -2.24. The van der Waals surface area contributed by atoms with Gasteiger partial charge in [-0.15, -0.1) is 0 Å². The van der Waals surface area contributed by atoms with Gasteiger partial charge in [0.2, 0.25) is 0 Å². The maximum Gasteiger partial charge on any atom is 0.339 e. The molecule has 1 aliphatic heterocycles. The third-order valence-electron chi connectivity index (χ3n) is 3.62. The minimum absolute atomic E-state index is 0.250. The monoisotopic (exact) mass is 264 g/mol. The van der Waals surface area contributed by atoms with Gasteiger partial charge in [-0.25, -0.2) is 4.79 Å². The molecule has 1 aromatic rings. The van der Waals surface area contributed by atoms with Crippen LogP contribution in [-0.4, -0.2) is 47.3 Å². The predicted molar refractivity (Wildman–Crippen MR) is 70.6 cm³/mol. The Labute approximate surface area is 113 Å². The van der Waals surface area contributed by atoms with Crippen LogP contribution >= 0.6 is 0 Å². The molecule has 0 amide bonds. The van der Waals surface area contributed by atoms with E-state index in [0.29, 0.717) is 11.5 Å². The van der Waals surface area contributed by atoms with Crippen molar-refractivity contribution < 1.29 is 14.6 Å². The molecule has 0 radical (unpaired) electrons. The van der Waals surface area contributed by atoms with E-state index >= 15 is 0 Å². The lowest BCUT2D eigenvalue weighted by Gasteiger charge is -2.16. The van der Waals surface area contributed by atoms with Crippen molar-refractivity contribution in [2.45, 2.75) is 26.0 Å². The number of pyridine rings is 1. The predicted octanol–water partition coefficient (Wildman–Crippen LogP) is 1.07. The van der Waals surface area contributed by atoms with E-state index in [4.69, 9.17) is 0 Å². The molecular formula is C14H20N2O3. The number of methoxy groups -OCH3 is 1. The van der Waals surface area contributed by atoms with Crippen molar-refractivity contribution in [1.29, 1.82) is 0 Å². The van der Waals surface area contributed by atoms with Crippen molar-refractivity contribution in [2.75, 3.05) is 20.2 Å². The molecule has 2 atom stereocenters. The summed E-state index contributed by atoms with van der Waals surface area (Å²) in [6, 6.07) is 3.58. The van der Waals surface area contributed by atoms with Crippen molar-refractivity contribution in [1.82, 2.24) is 9.88 Å². The molecule has 1 saturated heterocycles. The first-order valence-electron chi connectivity index (χ1n) is 6.54. The van der Waals surface area contributed by atoms with E-state index < -0.39 is 0 Å². The van der Waals surface area contributed by atoms with E-state index in [9.17, 15) is 9.90 Å². The van der Waals surface area contributed by atoms with Gasteiger partial charge >= 0.3 is 5.97 Å². The number of carbonyl (C=O) groups is 1. The summed E-state index contributed by atoms with van der Waals surface area (Å²) in [4.78, 5) is 17.8. The van der Waals surface area contributed by atoms with Gasteiger partial charge < -0.3 is 9.84 Å².